The standard InChI is InChI=1S/C39H52O/c1-20-21(2)25(6)36(26(7)22(20)3)38-29(10)31(12)39(32(13)30(38)11)37-27(8)23(4)35(24(5)28(37)9)19-16-33-14-17-34(40)18-15-33/h33H,14-19H2,1-13H3. The summed E-state index contributed by atoms with van der Waals surface area (Å²) in [5, 5.41) is 0. The zero-order valence-electron chi connectivity index (χ0n) is 27.7. The van der Waals surface area contributed by atoms with E-state index in [1.54, 1.807) is 0 Å². The molecular weight excluding hydrogens is 484 g/mol. The maximum Gasteiger partial charge on any atom is 0.132 e. The van der Waals surface area contributed by atoms with Crippen LogP contribution in [0.1, 0.15) is 110 Å². The third-order valence-corrected chi connectivity index (χ3v) is 11.4. The van der Waals surface area contributed by atoms with Crippen molar-refractivity contribution in [3.05, 3.63) is 77.9 Å². The average molecular weight is 537 g/mol. The van der Waals surface area contributed by atoms with Gasteiger partial charge in [0.25, 0.3) is 0 Å². The summed E-state index contributed by atoms with van der Waals surface area (Å²) in [6, 6.07) is 0. The number of hydrogen-bond donors (Lipinski definition) is 0. The van der Waals surface area contributed by atoms with Gasteiger partial charge in [-0.2, -0.15) is 0 Å². The number of ketones is 1. The Bertz CT molecular complexity index is 1430. The molecule has 1 heteroatoms. The minimum absolute atomic E-state index is 0.458. The largest absolute Gasteiger partial charge is 0.300 e. The van der Waals surface area contributed by atoms with Crippen molar-refractivity contribution in [2.45, 2.75) is 129 Å². The van der Waals surface area contributed by atoms with E-state index in [2.05, 4.69) is 90.0 Å². The van der Waals surface area contributed by atoms with Crippen LogP contribution in [0, 0.1) is 95.9 Å². The lowest BCUT2D eigenvalue weighted by molar-refractivity contribution is -0.121. The molecule has 3 aromatic carbocycles. The lowest BCUT2D eigenvalue weighted by Crippen LogP contribution is -2.15. The summed E-state index contributed by atoms with van der Waals surface area (Å²) in [7, 11) is 0. The van der Waals surface area contributed by atoms with E-state index >= 15 is 0 Å². The van der Waals surface area contributed by atoms with Gasteiger partial charge < -0.3 is 0 Å². The van der Waals surface area contributed by atoms with E-state index in [0.717, 1.165) is 32.1 Å². The fourth-order valence-electron chi connectivity index (χ4n) is 7.71. The molecule has 214 valence electrons. The summed E-state index contributed by atoms with van der Waals surface area (Å²) in [6.07, 6.45) is 6.05. The highest BCUT2D eigenvalue weighted by atomic mass is 16.1. The van der Waals surface area contributed by atoms with E-state index in [0.29, 0.717) is 11.7 Å². The smallest absolute Gasteiger partial charge is 0.132 e. The molecule has 0 atom stereocenters. The highest BCUT2D eigenvalue weighted by Gasteiger charge is 2.26. The lowest BCUT2D eigenvalue weighted by atomic mass is 9.76. The summed E-state index contributed by atoms with van der Waals surface area (Å²) in [5.41, 5.74) is 25.8. The summed E-state index contributed by atoms with van der Waals surface area (Å²) in [5.74, 6) is 1.15. The minimum atomic E-state index is 0.458. The Morgan fingerprint density at radius 3 is 1.05 bits per heavy atom. The zero-order valence-corrected chi connectivity index (χ0v) is 27.7. The quantitative estimate of drug-likeness (QED) is 0.317. The van der Waals surface area contributed by atoms with Gasteiger partial charge in [0.05, 0.1) is 0 Å². The normalized spacial score (nSPS) is 14.4. The lowest BCUT2D eigenvalue weighted by Gasteiger charge is -2.28. The Labute approximate surface area is 244 Å². The van der Waals surface area contributed by atoms with E-state index in [1.165, 1.54) is 107 Å². The maximum absolute atomic E-state index is 11.7. The topological polar surface area (TPSA) is 17.1 Å². The first kappa shape index (κ1) is 30.3. The van der Waals surface area contributed by atoms with Crippen molar-refractivity contribution < 1.29 is 4.79 Å². The van der Waals surface area contributed by atoms with Gasteiger partial charge in [-0.25, -0.2) is 0 Å². The Morgan fingerprint density at radius 1 is 0.425 bits per heavy atom. The molecule has 0 amide bonds. The van der Waals surface area contributed by atoms with E-state index < -0.39 is 0 Å². The number of Topliss-reactive ketones (excluding diaryl/α,β-unsaturated/α-hetero) is 1. The van der Waals surface area contributed by atoms with Crippen molar-refractivity contribution in [3.8, 4) is 22.3 Å². The molecule has 0 unspecified atom stereocenters. The van der Waals surface area contributed by atoms with Crippen LogP contribution in [0.15, 0.2) is 0 Å². The Balaban J connectivity index is 1.87. The van der Waals surface area contributed by atoms with Gasteiger partial charge in [0.15, 0.2) is 0 Å². The first-order chi connectivity index (χ1) is 18.7. The second kappa shape index (κ2) is 11.3. The van der Waals surface area contributed by atoms with Crippen LogP contribution < -0.4 is 0 Å². The Morgan fingerprint density at radius 2 is 0.700 bits per heavy atom. The molecule has 3 aromatic rings. The number of hydrogen-bond acceptors (Lipinski definition) is 1. The fourth-order valence-corrected chi connectivity index (χ4v) is 7.71. The van der Waals surface area contributed by atoms with E-state index in [4.69, 9.17) is 0 Å². The summed E-state index contributed by atoms with van der Waals surface area (Å²) < 4.78 is 0. The molecule has 0 spiro atoms. The highest BCUT2D eigenvalue weighted by molar-refractivity contribution is 5.88. The van der Waals surface area contributed by atoms with Crippen LogP contribution in [0.2, 0.25) is 0 Å². The Kier molecular flexibility index (Phi) is 8.56. The molecule has 40 heavy (non-hydrogen) atoms. The van der Waals surface area contributed by atoms with E-state index in [1.807, 2.05) is 0 Å². The first-order valence-electron chi connectivity index (χ1n) is 15.5. The molecule has 1 aliphatic carbocycles. The predicted molar refractivity (Wildman–Crippen MR) is 174 cm³/mol. The van der Waals surface area contributed by atoms with Crippen LogP contribution in [0.25, 0.3) is 22.3 Å². The van der Waals surface area contributed by atoms with Crippen molar-refractivity contribution in [2.24, 2.45) is 5.92 Å². The molecule has 1 fully saturated rings. The SMILES string of the molecule is Cc1c(C)c(C)c(-c2c(C)c(C)c(-c3c(C)c(C)c(CCC4CCC(=O)CC4)c(C)c3C)c(C)c2C)c(C)c1C. The number of rotatable bonds is 5. The number of carbonyl (C=O) groups excluding carboxylic acids is 1. The highest BCUT2D eigenvalue weighted by Crippen LogP contribution is 2.46. The molecule has 0 radical (unpaired) electrons. The second-order valence-electron chi connectivity index (χ2n) is 13.1. The minimum Gasteiger partial charge on any atom is -0.300 e. The molecule has 0 saturated heterocycles. The van der Waals surface area contributed by atoms with Gasteiger partial charge in [0.1, 0.15) is 5.78 Å². The molecule has 0 aliphatic heterocycles. The second-order valence-corrected chi connectivity index (χ2v) is 13.1. The molecule has 1 nitrogen and oxygen atoms in total. The van der Waals surface area contributed by atoms with Gasteiger partial charge in [-0.05, 0) is 222 Å². The van der Waals surface area contributed by atoms with Crippen LogP contribution in [0.4, 0.5) is 0 Å². The summed E-state index contributed by atoms with van der Waals surface area (Å²) >= 11 is 0. The molecule has 1 saturated carbocycles. The third-order valence-electron chi connectivity index (χ3n) is 11.4. The van der Waals surface area contributed by atoms with Crippen LogP contribution in [0.5, 0.6) is 0 Å². The van der Waals surface area contributed by atoms with Gasteiger partial charge in [-0.15, -0.1) is 0 Å². The van der Waals surface area contributed by atoms with E-state index in [-0.39, 0.29) is 0 Å². The van der Waals surface area contributed by atoms with Crippen LogP contribution in [-0.4, -0.2) is 5.78 Å². The molecule has 0 heterocycles. The fraction of sp³-hybridized carbons (Fsp3) is 0.513. The van der Waals surface area contributed by atoms with Gasteiger partial charge >= 0.3 is 0 Å². The van der Waals surface area contributed by atoms with Crippen LogP contribution in [-0.2, 0) is 11.2 Å². The molecule has 4 rings (SSSR count). The summed E-state index contributed by atoms with van der Waals surface area (Å²) in [6.45, 7) is 30.2. The molecule has 1 aliphatic rings. The number of carbonyl (C=O) groups is 1. The van der Waals surface area contributed by atoms with Crippen molar-refractivity contribution in [2.75, 3.05) is 0 Å². The van der Waals surface area contributed by atoms with Crippen molar-refractivity contribution in [1.82, 2.24) is 0 Å². The predicted octanol–water partition coefficient (Wildman–Crippen LogP) is 10.7. The van der Waals surface area contributed by atoms with Gasteiger partial charge in [0.2, 0.25) is 0 Å². The molecule has 0 N–H and O–H groups in total. The third kappa shape index (κ3) is 4.88. The van der Waals surface area contributed by atoms with Crippen molar-refractivity contribution >= 4 is 5.78 Å². The zero-order chi connectivity index (χ0) is 29.8. The average Bonchev–Trinajstić information content (AvgIpc) is 2.93. The van der Waals surface area contributed by atoms with Gasteiger partial charge in [-0.1, -0.05) is 0 Å². The van der Waals surface area contributed by atoms with Crippen molar-refractivity contribution in [1.29, 1.82) is 0 Å². The molecule has 0 bridgehead atoms. The monoisotopic (exact) mass is 536 g/mol. The first-order valence-corrected chi connectivity index (χ1v) is 15.5. The van der Waals surface area contributed by atoms with Crippen LogP contribution >= 0.6 is 0 Å². The number of benzene rings is 3. The molecule has 0 aromatic heterocycles. The maximum atomic E-state index is 11.7. The van der Waals surface area contributed by atoms with E-state index in [9.17, 15) is 4.79 Å². The molecular formula is C39H52O. The summed E-state index contributed by atoms with van der Waals surface area (Å²) in [4.78, 5) is 11.7. The van der Waals surface area contributed by atoms with Crippen molar-refractivity contribution in [3.63, 3.8) is 0 Å². The van der Waals surface area contributed by atoms with Gasteiger partial charge in [-0.3, -0.25) is 4.79 Å². The van der Waals surface area contributed by atoms with Gasteiger partial charge in [0, 0.05) is 12.8 Å². The Hall–Kier alpha value is -2.67. The van der Waals surface area contributed by atoms with Crippen LogP contribution in [0.3, 0.4) is 0 Å².